The average Bonchev–Trinajstić information content (AvgIpc) is 2.91. The number of hydrogen-bond donors (Lipinski definition) is 1. The van der Waals surface area contributed by atoms with Crippen LogP contribution in [0, 0.1) is 0 Å². The van der Waals surface area contributed by atoms with Gasteiger partial charge in [0.05, 0.1) is 27.3 Å². The molecule has 0 aromatic rings. The van der Waals surface area contributed by atoms with E-state index in [1.165, 1.54) is 141 Å². The van der Waals surface area contributed by atoms with Gasteiger partial charge in [0.1, 0.15) is 19.2 Å². The molecule has 0 aliphatic heterocycles. The van der Waals surface area contributed by atoms with Crippen molar-refractivity contribution in [3.8, 4) is 0 Å². The summed E-state index contributed by atoms with van der Waals surface area (Å²) in [6.45, 7) is 8.83. The van der Waals surface area contributed by atoms with E-state index in [0.717, 1.165) is 43.6 Å². The summed E-state index contributed by atoms with van der Waals surface area (Å²) in [5.74, 6) is 0. The van der Waals surface area contributed by atoms with E-state index >= 15 is 0 Å². The number of rotatable bonds is 33. The minimum Gasteiger partial charge on any atom is -0.391 e. The molecule has 0 aliphatic rings. The molecule has 0 bridgehead atoms. The van der Waals surface area contributed by atoms with Crippen molar-refractivity contribution >= 4 is 0 Å². The summed E-state index contributed by atoms with van der Waals surface area (Å²) in [5.41, 5.74) is 0. The summed E-state index contributed by atoms with van der Waals surface area (Å²) in [7, 11) is 4.36. The standard InChI is InChI=1S/C35H74NO3.N/c1-5-7-9-11-13-15-17-19-21-23-25-27-31-38-34-35(33-36(3,4)29-30-37)39-32-28-26-24-22-20-18-16-14-12-10-8-6-2;/h35,37H,5-34H2,1-4H3;/q+1;+3. The molecule has 0 fully saturated rings. The number of quaternary nitrogens is 1. The molecule has 0 aromatic heterocycles. The maximum atomic E-state index is 9.43. The highest BCUT2D eigenvalue weighted by atomic mass is 16.5. The van der Waals surface area contributed by atoms with Gasteiger partial charge in [0.25, 0.3) is 0 Å². The van der Waals surface area contributed by atoms with Crippen LogP contribution in [0.3, 0.4) is 0 Å². The van der Waals surface area contributed by atoms with Crippen molar-refractivity contribution in [1.82, 2.24) is 6.15 Å². The van der Waals surface area contributed by atoms with Gasteiger partial charge < -0.3 is 19.1 Å². The molecule has 5 heteroatoms. The lowest BCUT2D eigenvalue weighted by Crippen LogP contribution is -2.49. The zero-order chi connectivity index (χ0) is 28.7. The predicted molar refractivity (Wildman–Crippen MR) is 174 cm³/mol. The minimum atomic E-state index is 0. The summed E-state index contributed by atoms with van der Waals surface area (Å²) in [4.78, 5) is 0. The first-order valence-corrected chi connectivity index (χ1v) is 17.7. The van der Waals surface area contributed by atoms with E-state index in [-0.39, 0.29) is 18.9 Å². The van der Waals surface area contributed by atoms with E-state index in [1.54, 1.807) is 0 Å². The van der Waals surface area contributed by atoms with E-state index in [0.29, 0.717) is 6.61 Å². The molecular formula is C35H74N2O3+4. The van der Waals surface area contributed by atoms with E-state index in [4.69, 9.17) is 9.47 Å². The van der Waals surface area contributed by atoms with Crippen molar-refractivity contribution in [2.45, 2.75) is 174 Å². The Morgan fingerprint density at radius 2 is 0.875 bits per heavy atom. The Bertz CT molecular complexity index is 462. The second-order valence-corrected chi connectivity index (χ2v) is 12.9. The lowest BCUT2D eigenvalue weighted by molar-refractivity contribution is -0.893. The van der Waals surface area contributed by atoms with Crippen molar-refractivity contribution in [3.05, 3.63) is 0 Å². The Balaban J connectivity index is 0. The van der Waals surface area contributed by atoms with Crippen LogP contribution in [-0.4, -0.2) is 69.3 Å². The molecule has 238 valence electrons. The van der Waals surface area contributed by atoms with Crippen LogP contribution in [0.15, 0.2) is 0 Å². The van der Waals surface area contributed by atoms with Crippen LogP contribution >= 0.6 is 0 Å². The maximum Gasteiger partial charge on any atom is 3.00 e. The lowest BCUT2D eigenvalue weighted by atomic mass is 10.1. The van der Waals surface area contributed by atoms with E-state index < -0.39 is 0 Å². The third kappa shape index (κ3) is 32.1. The predicted octanol–water partition coefficient (Wildman–Crippen LogP) is 9.38. The number of likely N-dealkylation sites (N-methyl/N-ethyl adjacent to an activating group) is 1. The molecule has 40 heavy (non-hydrogen) atoms. The Kier molecular flexibility index (Phi) is 34.4. The molecule has 5 nitrogen and oxygen atoms in total. The Hall–Kier alpha value is -0.450. The maximum absolute atomic E-state index is 9.43. The molecular weight excluding hydrogens is 496 g/mol. The van der Waals surface area contributed by atoms with Crippen LogP contribution in [0.4, 0.5) is 0 Å². The molecule has 2 radical (unpaired) electrons. The van der Waals surface area contributed by atoms with Gasteiger partial charge in [-0.3, -0.25) is 0 Å². The molecule has 1 unspecified atom stereocenters. The fourth-order valence-corrected chi connectivity index (χ4v) is 5.52. The van der Waals surface area contributed by atoms with Gasteiger partial charge in [-0.15, -0.1) is 0 Å². The summed E-state index contributed by atoms with van der Waals surface area (Å²) < 4.78 is 13.2. The highest BCUT2D eigenvalue weighted by Gasteiger charge is 3.00. The van der Waals surface area contributed by atoms with Gasteiger partial charge in [-0.05, 0) is 12.8 Å². The van der Waals surface area contributed by atoms with E-state index in [1.807, 2.05) is 0 Å². The Morgan fingerprint density at radius 3 is 1.25 bits per heavy atom. The van der Waals surface area contributed by atoms with Crippen molar-refractivity contribution in [2.75, 3.05) is 53.6 Å². The zero-order valence-corrected chi connectivity index (χ0v) is 27.9. The van der Waals surface area contributed by atoms with E-state index in [9.17, 15) is 5.11 Å². The first-order valence-electron chi connectivity index (χ1n) is 17.7. The van der Waals surface area contributed by atoms with Gasteiger partial charge in [-0.25, -0.2) is 0 Å². The normalized spacial score (nSPS) is 12.5. The first kappa shape index (κ1) is 41.7. The quantitative estimate of drug-likeness (QED) is 0.0631. The van der Waals surface area contributed by atoms with Gasteiger partial charge in [0, 0.05) is 13.2 Å². The van der Waals surface area contributed by atoms with Crippen LogP contribution in [0.1, 0.15) is 168 Å². The SMILES string of the molecule is CCCCCCCCCCCCCCOCC(C[N+](C)(C)CCO)OCCCCCCCCCCCCCC.[N+3]. The third-order valence-corrected chi connectivity index (χ3v) is 8.20. The molecule has 0 amide bonds. The van der Waals surface area contributed by atoms with Crippen LogP contribution < -0.4 is 6.15 Å². The van der Waals surface area contributed by atoms with Gasteiger partial charge in [-0.2, -0.15) is 0 Å². The topological polar surface area (TPSA) is 69.2 Å². The second-order valence-electron chi connectivity index (χ2n) is 12.9. The summed E-state index contributed by atoms with van der Waals surface area (Å²) in [6, 6.07) is 0. The zero-order valence-electron chi connectivity index (χ0n) is 27.9. The van der Waals surface area contributed by atoms with Crippen molar-refractivity contribution in [2.24, 2.45) is 0 Å². The first-order chi connectivity index (χ1) is 19.1. The monoisotopic (exact) mass is 571 g/mol. The van der Waals surface area contributed by atoms with Crippen LogP contribution in [0.25, 0.3) is 0 Å². The van der Waals surface area contributed by atoms with Crippen molar-refractivity contribution in [3.63, 3.8) is 0 Å². The van der Waals surface area contributed by atoms with E-state index in [2.05, 4.69) is 27.9 Å². The number of aliphatic hydroxyl groups excluding tert-OH is 1. The van der Waals surface area contributed by atoms with Crippen LogP contribution in [0.5, 0.6) is 0 Å². The van der Waals surface area contributed by atoms with Crippen LogP contribution in [-0.2, 0) is 9.47 Å². The number of nitrogens with zero attached hydrogens (tertiary/aromatic N) is 2. The van der Waals surface area contributed by atoms with Crippen molar-refractivity contribution in [1.29, 1.82) is 0 Å². The highest BCUT2D eigenvalue weighted by Crippen LogP contribution is 2.14. The van der Waals surface area contributed by atoms with Gasteiger partial charge >= 0.3 is 6.15 Å². The van der Waals surface area contributed by atoms with Crippen LogP contribution in [0.2, 0.25) is 0 Å². The van der Waals surface area contributed by atoms with Crippen molar-refractivity contribution < 1.29 is 19.1 Å². The second kappa shape index (κ2) is 33.1. The fraction of sp³-hybridized carbons (Fsp3) is 1.00. The van der Waals surface area contributed by atoms with Gasteiger partial charge in [0.15, 0.2) is 0 Å². The highest BCUT2D eigenvalue weighted by molar-refractivity contribution is 4.58. The Morgan fingerprint density at radius 1 is 0.525 bits per heavy atom. The number of aliphatic hydroxyl groups is 1. The molecule has 0 spiro atoms. The number of unbranched alkanes of at least 4 members (excludes halogenated alkanes) is 22. The Labute approximate surface area is 252 Å². The summed E-state index contributed by atoms with van der Waals surface area (Å²) >= 11 is 0. The van der Waals surface area contributed by atoms with Gasteiger partial charge in [0.2, 0.25) is 0 Å². The third-order valence-electron chi connectivity index (χ3n) is 8.20. The largest absolute Gasteiger partial charge is 3.00 e. The number of hydrogen-bond acceptors (Lipinski definition) is 3. The summed E-state index contributed by atoms with van der Waals surface area (Å²) in [6.07, 6.45) is 33.0. The molecule has 0 heterocycles. The molecule has 0 rings (SSSR count). The molecule has 0 saturated heterocycles. The molecule has 0 aliphatic carbocycles. The average molecular weight is 571 g/mol. The lowest BCUT2D eigenvalue weighted by Gasteiger charge is -2.32. The molecule has 0 aromatic carbocycles. The molecule has 1 N–H and O–H groups in total. The number of ether oxygens (including phenoxy) is 2. The molecule has 0 saturated carbocycles. The van der Waals surface area contributed by atoms with Gasteiger partial charge in [-0.1, -0.05) is 155 Å². The summed E-state index contributed by atoms with van der Waals surface area (Å²) in [5, 5.41) is 9.43. The fourth-order valence-electron chi connectivity index (χ4n) is 5.52. The smallest absolute Gasteiger partial charge is 0.391 e. The minimum absolute atomic E-state index is 0. The molecule has 1 atom stereocenters.